The van der Waals surface area contributed by atoms with Crippen LogP contribution in [0.4, 0.5) is 0 Å². The van der Waals surface area contributed by atoms with Gasteiger partial charge in [-0.25, -0.2) is 0 Å². The molecule has 140 valence electrons. The van der Waals surface area contributed by atoms with Crippen LogP contribution in [0.15, 0.2) is 79.0 Å². The van der Waals surface area contributed by atoms with Gasteiger partial charge in [-0.2, -0.15) is 0 Å². The number of nitrogens with one attached hydrogen (secondary N) is 1. The maximum atomic E-state index is 12.6. The second-order valence-corrected chi connectivity index (χ2v) is 6.95. The highest BCUT2D eigenvalue weighted by Crippen LogP contribution is 2.25. The fourth-order valence-corrected chi connectivity index (χ4v) is 3.55. The Morgan fingerprint density at radius 3 is 2.43 bits per heavy atom. The molecule has 28 heavy (non-hydrogen) atoms. The zero-order chi connectivity index (χ0) is 19.3. The Kier molecular flexibility index (Phi) is 5.24. The molecule has 0 saturated heterocycles. The molecule has 0 aliphatic rings. The normalized spacial score (nSPS) is 10.9. The molecular formula is C25H23NO2. The van der Waals surface area contributed by atoms with Crippen LogP contribution >= 0.6 is 0 Å². The number of methoxy groups -OCH3 is 1. The number of fused-ring (bicyclic) bond motifs is 1. The van der Waals surface area contributed by atoms with Gasteiger partial charge in [0, 0.05) is 29.1 Å². The highest BCUT2D eigenvalue weighted by atomic mass is 16.5. The van der Waals surface area contributed by atoms with Crippen LogP contribution in [0, 0.1) is 0 Å². The Morgan fingerprint density at radius 2 is 1.68 bits per heavy atom. The Balaban J connectivity index is 1.38. The molecule has 0 radical (unpaired) electrons. The molecule has 0 saturated carbocycles. The highest BCUT2D eigenvalue weighted by Gasteiger charge is 2.09. The molecule has 0 bridgehead atoms. The van der Waals surface area contributed by atoms with E-state index in [4.69, 9.17) is 4.74 Å². The van der Waals surface area contributed by atoms with Gasteiger partial charge >= 0.3 is 0 Å². The molecule has 0 amide bonds. The smallest absolute Gasteiger partial charge is 0.162 e. The fraction of sp³-hybridized carbons (Fsp3) is 0.160. The van der Waals surface area contributed by atoms with Crippen molar-refractivity contribution in [2.24, 2.45) is 0 Å². The third-order valence-electron chi connectivity index (χ3n) is 5.14. The maximum Gasteiger partial charge on any atom is 0.162 e. The van der Waals surface area contributed by atoms with Gasteiger partial charge in [-0.3, -0.25) is 4.79 Å². The van der Waals surface area contributed by atoms with E-state index in [-0.39, 0.29) is 5.78 Å². The fourth-order valence-electron chi connectivity index (χ4n) is 3.55. The molecule has 0 fully saturated rings. The number of ketones is 1. The number of rotatable bonds is 7. The first kappa shape index (κ1) is 18.1. The second kappa shape index (κ2) is 8.13. The van der Waals surface area contributed by atoms with Crippen molar-refractivity contribution in [1.82, 2.24) is 4.98 Å². The van der Waals surface area contributed by atoms with E-state index in [1.165, 1.54) is 10.9 Å². The number of aryl methyl sites for hydroxylation is 1. The third kappa shape index (κ3) is 3.84. The van der Waals surface area contributed by atoms with Crippen LogP contribution in [-0.4, -0.2) is 17.9 Å². The van der Waals surface area contributed by atoms with Crippen LogP contribution in [0.25, 0.3) is 22.0 Å². The van der Waals surface area contributed by atoms with Crippen molar-refractivity contribution in [2.75, 3.05) is 7.11 Å². The number of hydrogen-bond acceptors (Lipinski definition) is 2. The summed E-state index contributed by atoms with van der Waals surface area (Å²) in [7, 11) is 1.68. The minimum absolute atomic E-state index is 0.192. The van der Waals surface area contributed by atoms with E-state index >= 15 is 0 Å². The van der Waals surface area contributed by atoms with Crippen molar-refractivity contribution in [2.45, 2.75) is 19.3 Å². The molecule has 0 aliphatic heterocycles. The van der Waals surface area contributed by atoms with E-state index < -0.39 is 0 Å². The largest absolute Gasteiger partial charge is 0.497 e. The first-order valence-corrected chi connectivity index (χ1v) is 9.57. The van der Waals surface area contributed by atoms with Gasteiger partial charge in [0.2, 0.25) is 0 Å². The third-order valence-corrected chi connectivity index (χ3v) is 5.14. The standard InChI is InChI=1S/C25H23NO2/c1-28-22-14-15-24-23(16-22)21(17-26-24)8-5-9-25(27)20-12-10-19(11-13-20)18-6-3-2-4-7-18/h2-4,6-7,10-17,26H,5,8-9H2,1H3. The van der Waals surface area contributed by atoms with Gasteiger partial charge < -0.3 is 9.72 Å². The number of carbonyl (C=O) groups excluding carboxylic acids is 1. The molecule has 0 atom stereocenters. The molecular weight excluding hydrogens is 346 g/mol. The van der Waals surface area contributed by atoms with Gasteiger partial charge in [0.1, 0.15) is 5.75 Å². The summed E-state index contributed by atoms with van der Waals surface area (Å²) in [6.07, 6.45) is 4.26. The first-order chi connectivity index (χ1) is 13.7. The summed E-state index contributed by atoms with van der Waals surface area (Å²) in [5.74, 6) is 1.04. The molecule has 1 aromatic heterocycles. The predicted molar refractivity (Wildman–Crippen MR) is 114 cm³/mol. The molecule has 1 heterocycles. The highest BCUT2D eigenvalue weighted by molar-refractivity contribution is 5.96. The number of carbonyl (C=O) groups is 1. The van der Waals surface area contributed by atoms with E-state index in [0.29, 0.717) is 6.42 Å². The maximum absolute atomic E-state index is 12.6. The van der Waals surface area contributed by atoms with Gasteiger partial charge in [0.05, 0.1) is 7.11 Å². The quantitative estimate of drug-likeness (QED) is 0.403. The average molecular weight is 369 g/mol. The Labute approximate surface area is 165 Å². The summed E-state index contributed by atoms with van der Waals surface area (Å²) in [6, 6.07) is 24.1. The van der Waals surface area contributed by atoms with Crippen LogP contribution < -0.4 is 4.74 Å². The molecule has 3 heteroatoms. The lowest BCUT2D eigenvalue weighted by atomic mass is 9.99. The lowest BCUT2D eigenvalue weighted by molar-refractivity contribution is 0.0980. The molecule has 3 nitrogen and oxygen atoms in total. The van der Waals surface area contributed by atoms with Crippen LogP contribution in [0.3, 0.4) is 0 Å². The SMILES string of the molecule is COc1ccc2[nH]cc(CCCC(=O)c3ccc(-c4ccccc4)cc3)c2c1. The topological polar surface area (TPSA) is 42.1 Å². The first-order valence-electron chi connectivity index (χ1n) is 9.57. The molecule has 4 aromatic rings. The second-order valence-electron chi connectivity index (χ2n) is 6.95. The Morgan fingerprint density at radius 1 is 0.929 bits per heavy atom. The van der Waals surface area contributed by atoms with Gasteiger partial charge in [-0.05, 0) is 47.7 Å². The van der Waals surface area contributed by atoms with E-state index in [1.54, 1.807) is 7.11 Å². The number of Topliss-reactive ketones (excluding diaryl/α,β-unsaturated/α-hetero) is 1. The minimum Gasteiger partial charge on any atom is -0.497 e. The molecule has 0 spiro atoms. The van der Waals surface area contributed by atoms with E-state index in [2.05, 4.69) is 17.1 Å². The molecule has 4 rings (SSSR count). The predicted octanol–water partition coefficient (Wildman–Crippen LogP) is 6.05. The van der Waals surface area contributed by atoms with Crippen LogP contribution in [0.1, 0.15) is 28.8 Å². The van der Waals surface area contributed by atoms with Crippen molar-refractivity contribution in [3.05, 3.63) is 90.1 Å². The van der Waals surface area contributed by atoms with Crippen LogP contribution in [0.2, 0.25) is 0 Å². The van der Waals surface area contributed by atoms with Gasteiger partial charge in [0.15, 0.2) is 5.78 Å². The van der Waals surface area contributed by atoms with Gasteiger partial charge in [0.25, 0.3) is 0 Å². The van der Waals surface area contributed by atoms with Crippen molar-refractivity contribution < 1.29 is 9.53 Å². The van der Waals surface area contributed by atoms with Gasteiger partial charge in [-0.15, -0.1) is 0 Å². The summed E-state index contributed by atoms with van der Waals surface area (Å²) in [6.45, 7) is 0. The summed E-state index contributed by atoms with van der Waals surface area (Å²) < 4.78 is 5.32. The van der Waals surface area contributed by atoms with Crippen molar-refractivity contribution in [3.63, 3.8) is 0 Å². The summed E-state index contributed by atoms with van der Waals surface area (Å²) in [5, 5.41) is 1.17. The zero-order valence-corrected chi connectivity index (χ0v) is 15.9. The minimum atomic E-state index is 0.192. The van der Waals surface area contributed by atoms with Crippen molar-refractivity contribution >= 4 is 16.7 Å². The number of aromatic nitrogens is 1. The molecule has 3 aromatic carbocycles. The van der Waals surface area contributed by atoms with Crippen LogP contribution in [0.5, 0.6) is 5.75 Å². The number of hydrogen-bond donors (Lipinski definition) is 1. The van der Waals surface area contributed by atoms with E-state index in [1.807, 2.05) is 66.9 Å². The number of ether oxygens (including phenoxy) is 1. The van der Waals surface area contributed by atoms with Crippen LogP contribution in [-0.2, 0) is 6.42 Å². The summed E-state index contributed by atoms with van der Waals surface area (Å²) in [5.41, 5.74) is 5.39. The van der Waals surface area contributed by atoms with Gasteiger partial charge in [-0.1, -0.05) is 54.6 Å². The Bertz CT molecular complexity index is 1080. The number of H-pyrrole nitrogens is 1. The molecule has 1 N–H and O–H groups in total. The lowest BCUT2D eigenvalue weighted by Gasteiger charge is -2.05. The molecule has 0 unspecified atom stereocenters. The Hall–Kier alpha value is -3.33. The van der Waals surface area contributed by atoms with E-state index in [9.17, 15) is 4.79 Å². The van der Waals surface area contributed by atoms with E-state index in [0.717, 1.165) is 40.8 Å². The number of benzene rings is 3. The van der Waals surface area contributed by atoms with Crippen molar-refractivity contribution in [1.29, 1.82) is 0 Å². The van der Waals surface area contributed by atoms with Crippen molar-refractivity contribution in [3.8, 4) is 16.9 Å². The zero-order valence-electron chi connectivity index (χ0n) is 15.9. The average Bonchev–Trinajstić information content (AvgIpc) is 3.16. The summed E-state index contributed by atoms with van der Waals surface area (Å²) in [4.78, 5) is 15.8. The lowest BCUT2D eigenvalue weighted by Crippen LogP contribution is -1.99. The number of aromatic amines is 1. The molecule has 0 aliphatic carbocycles. The monoisotopic (exact) mass is 369 g/mol. The summed E-state index contributed by atoms with van der Waals surface area (Å²) >= 11 is 0.